The number of carbonyl (C=O) groups is 1. The van der Waals surface area contributed by atoms with Gasteiger partial charge in [-0.15, -0.1) is 11.3 Å². The number of amides is 1. The number of rotatable bonds is 9. The Balaban J connectivity index is 1.44. The largest absolute Gasteiger partial charge is 0.479 e. The van der Waals surface area contributed by atoms with E-state index in [-0.39, 0.29) is 11.8 Å². The molecule has 4 aromatic rings. The van der Waals surface area contributed by atoms with Crippen molar-refractivity contribution in [3.05, 3.63) is 29.0 Å². The number of aromatic amines is 1. The first-order valence-electron chi connectivity index (χ1n) is 11.8. The Bertz CT molecular complexity index is 1350. The lowest BCUT2D eigenvalue weighted by Crippen LogP contribution is -2.40. The smallest absolute Gasteiger partial charge is 0.239 e. The SMILES string of the molecule is CCCN(CCOC)C(=O)[C@H]1CCc2c(sc3ncnc(Nc4cc5cn[nH]c5nc4OC)c23)C1. The van der Waals surface area contributed by atoms with Crippen LogP contribution in [0.4, 0.5) is 11.5 Å². The summed E-state index contributed by atoms with van der Waals surface area (Å²) in [5.41, 5.74) is 2.59. The van der Waals surface area contributed by atoms with Gasteiger partial charge in [0.1, 0.15) is 22.7 Å². The second-order valence-electron chi connectivity index (χ2n) is 8.64. The number of carbonyl (C=O) groups excluding carboxylic acids is 1. The first kappa shape index (κ1) is 23.4. The fraction of sp³-hybridized carbons (Fsp3) is 0.458. The van der Waals surface area contributed by atoms with Crippen LogP contribution in [0.1, 0.15) is 30.2 Å². The van der Waals surface area contributed by atoms with Crippen molar-refractivity contribution in [1.29, 1.82) is 0 Å². The molecule has 0 aliphatic heterocycles. The number of H-pyrrole nitrogens is 1. The molecule has 0 saturated carbocycles. The van der Waals surface area contributed by atoms with Crippen molar-refractivity contribution in [2.24, 2.45) is 5.92 Å². The monoisotopic (exact) mass is 495 g/mol. The van der Waals surface area contributed by atoms with Crippen LogP contribution in [-0.2, 0) is 22.4 Å². The lowest BCUT2D eigenvalue weighted by atomic mass is 9.86. The topological polar surface area (TPSA) is 118 Å². The molecule has 0 fully saturated rings. The molecule has 0 aromatic carbocycles. The quantitative estimate of drug-likeness (QED) is 0.361. The molecule has 10 nitrogen and oxygen atoms in total. The van der Waals surface area contributed by atoms with Crippen LogP contribution in [0.5, 0.6) is 5.88 Å². The van der Waals surface area contributed by atoms with E-state index < -0.39 is 0 Å². The van der Waals surface area contributed by atoms with Crippen molar-refractivity contribution >= 4 is 50.0 Å². The summed E-state index contributed by atoms with van der Waals surface area (Å²) in [4.78, 5) is 31.0. The van der Waals surface area contributed by atoms with Gasteiger partial charge in [-0.2, -0.15) is 10.1 Å². The van der Waals surface area contributed by atoms with Gasteiger partial charge in [-0.3, -0.25) is 9.89 Å². The van der Waals surface area contributed by atoms with Gasteiger partial charge in [0.2, 0.25) is 11.8 Å². The summed E-state index contributed by atoms with van der Waals surface area (Å²) in [6, 6.07) is 1.94. The van der Waals surface area contributed by atoms with Gasteiger partial charge in [0, 0.05) is 36.4 Å². The first-order valence-corrected chi connectivity index (χ1v) is 12.6. The molecule has 0 radical (unpaired) electrons. The number of methoxy groups -OCH3 is 2. The van der Waals surface area contributed by atoms with E-state index in [0.717, 1.165) is 47.8 Å². The third-order valence-electron chi connectivity index (χ3n) is 6.40. The zero-order valence-electron chi connectivity index (χ0n) is 20.1. The van der Waals surface area contributed by atoms with Crippen LogP contribution in [0.25, 0.3) is 21.3 Å². The first-order chi connectivity index (χ1) is 17.1. The highest BCUT2D eigenvalue weighted by Crippen LogP contribution is 2.41. The lowest BCUT2D eigenvalue weighted by molar-refractivity contribution is -0.136. The van der Waals surface area contributed by atoms with E-state index in [1.54, 1.807) is 38.1 Å². The van der Waals surface area contributed by atoms with E-state index in [9.17, 15) is 4.79 Å². The summed E-state index contributed by atoms with van der Waals surface area (Å²) in [6.45, 7) is 4.05. The molecule has 1 aliphatic rings. The average molecular weight is 496 g/mol. The van der Waals surface area contributed by atoms with Crippen molar-refractivity contribution in [2.45, 2.75) is 32.6 Å². The molecule has 184 valence electrons. The van der Waals surface area contributed by atoms with Gasteiger partial charge in [0.05, 0.1) is 25.3 Å². The standard InChI is InChI=1S/C24H29N7O3S/c1-4-7-31(8-9-33-2)24(32)14-5-6-16-18(11-14)35-23-19(16)21(25-13-26-23)28-17-10-15-12-27-30-20(15)29-22(17)34-3/h10,12-14H,4-9,11H2,1-3H3,(H,25,26,28)(H,27,29,30)/t14-/m0/s1. The van der Waals surface area contributed by atoms with E-state index in [2.05, 4.69) is 37.4 Å². The Kier molecular flexibility index (Phi) is 6.78. The summed E-state index contributed by atoms with van der Waals surface area (Å²) >= 11 is 1.65. The van der Waals surface area contributed by atoms with E-state index >= 15 is 0 Å². The molecule has 1 atom stereocenters. The number of anilines is 2. The molecule has 1 aliphatic carbocycles. The number of nitrogens with one attached hydrogen (secondary N) is 2. The Morgan fingerprint density at radius 3 is 3.00 bits per heavy atom. The van der Waals surface area contributed by atoms with Crippen molar-refractivity contribution < 1.29 is 14.3 Å². The second-order valence-corrected chi connectivity index (χ2v) is 9.73. The number of aryl methyl sites for hydroxylation is 1. The molecule has 0 saturated heterocycles. The predicted octanol–water partition coefficient (Wildman–Crippen LogP) is 3.70. The third-order valence-corrected chi connectivity index (χ3v) is 7.56. The number of hydrogen-bond donors (Lipinski definition) is 2. The van der Waals surface area contributed by atoms with Crippen LogP contribution >= 0.6 is 11.3 Å². The summed E-state index contributed by atoms with van der Waals surface area (Å²) in [5.74, 6) is 1.38. The normalized spacial score (nSPS) is 15.3. The molecule has 35 heavy (non-hydrogen) atoms. The van der Waals surface area contributed by atoms with Crippen LogP contribution in [0.15, 0.2) is 18.6 Å². The summed E-state index contributed by atoms with van der Waals surface area (Å²) in [7, 11) is 3.26. The predicted molar refractivity (Wildman–Crippen MR) is 135 cm³/mol. The second kappa shape index (κ2) is 10.1. The van der Waals surface area contributed by atoms with Crippen molar-refractivity contribution in [1.82, 2.24) is 30.0 Å². The number of nitrogens with zero attached hydrogens (tertiary/aromatic N) is 5. The maximum Gasteiger partial charge on any atom is 0.239 e. The molecule has 2 N–H and O–H groups in total. The fourth-order valence-corrected chi connectivity index (χ4v) is 5.98. The molecule has 0 bridgehead atoms. The number of thiophene rings is 1. The maximum absolute atomic E-state index is 13.3. The van der Waals surface area contributed by atoms with Gasteiger partial charge >= 0.3 is 0 Å². The highest BCUT2D eigenvalue weighted by Gasteiger charge is 2.31. The molecule has 11 heteroatoms. The van der Waals surface area contributed by atoms with Crippen molar-refractivity contribution in [2.75, 3.05) is 39.2 Å². The third kappa shape index (κ3) is 4.53. The zero-order chi connectivity index (χ0) is 24.4. The number of ether oxygens (including phenoxy) is 2. The summed E-state index contributed by atoms with van der Waals surface area (Å²) in [6.07, 6.45) is 6.58. The van der Waals surface area contributed by atoms with Gasteiger partial charge in [-0.25, -0.2) is 9.97 Å². The number of fused-ring (bicyclic) bond motifs is 4. The van der Waals surface area contributed by atoms with Crippen LogP contribution in [0.3, 0.4) is 0 Å². The Hall–Kier alpha value is -3.31. The van der Waals surface area contributed by atoms with Crippen molar-refractivity contribution in [3.63, 3.8) is 0 Å². The maximum atomic E-state index is 13.3. The van der Waals surface area contributed by atoms with Gasteiger partial charge in [-0.1, -0.05) is 6.92 Å². The summed E-state index contributed by atoms with van der Waals surface area (Å²) in [5, 5.41) is 12.2. The Morgan fingerprint density at radius 1 is 1.31 bits per heavy atom. The average Bonchev–Trinajstić information content (AvgIpc) is 3.49. The minimum Gasteiger partial charge on any atom is -0.479 e. The van der Waals surface area contributed by atoms with Crippen LogP contribution < -0.4 is 10.1 Å². The molecular weight excluding hydrogens is 466 g/mol. The molecule has 4 aromatic heterocycles. The molecular formula is C24H29N7O3S. The fourth-order valence-electron chi connectivity index (χ4n) is 4.71. The number of aromatic nitrogens is 5. The minimum atomic E-state index is -0.0175. The minimum absolute atomic E-state index is 0.0175. The molecule has 1 amide bonds. The Morgan fingerprint density at radius 2 is 2.20 bits per heavy atom. The van der Waals surface area contributed by atoms with E-state index in [1.165, 1.54) is 10.4 Å². The Labute approximate surface area is 207 Å². The molecule has 4 heterocycles. The summed E-state index contributed by atoms with van der Waals surface area (Å²) < 4.78 is 10.7. The highest BCUT2D eigenvalue weighted by atomic mass is 32.1. The van der Waals surface area contributed by atoms with Gasteiger partial charge < -0.3 is 19.7 Å². The van der Waals surface area contributed by atoms with Gasteiger partial charge in [-0.05, 0) is 37.3 Å². The zero-order valence-corrected chi connectivity index (χ0v) is 20.9. The van der Waals surface area contributed by atoms with E-state index in [1.807, 2.05) is 11.0 Å². The number of pyridine rings is 1. The van der Waals surface area contributed by atoms with Crippen molar-refractivity contribution in [3.8, 4) is 5.88 Å². The van der Waals surface area contributed by atoms with Gasteiger partial charge in [0.25, 0.3) is 0 Å². The van der Waals surface area contributed by atoms with E-state index in [4.69, 9.17) is 9.47 Å². The van der Waals surface area contributed by atoms with Crippen LogP contribution in [0.2, 0.25) is 0 Å². The van der Waals surface area contributed by atoms with Crippen LogP contribution in [-0.4, -0.2) is 69.9 Å². The highest BCUT2D eigenvalue weighted by molar-refractivity contribution is 7.19. The lowest BCUT2D eigenvalue weighted by Gasteiger charge is -2.29. The molecule has 0 unspecified atom stereocenters. The molecule has 0 spiro atoms. The van der Waals surface area contributed by atoms with Crippen LogP contribution in [0, 0.1) is 5.92 Å². The van der Waals surface area contributed by atoms with E-state index in [0.29, 0.717) is 36.2 Å². The number of hydrogen-bond acceptors (Lipinski definition) is 9. The molecule has 5 rings (SSSR count). The van der Waals surface area contributed by atoms with Gasteiger partial charge in [0.15, 0.2) is 5.65 Å².